The van der Waals surface area contributed by atoms with Gasteiger partial charge in [0.1, 0.15) is 5.82 Å². The van der Waals surface area contributed by atoms with Gasteiger partial charge in [-0.1, -0.05) is 17.8 Å². The fraction of sp³-hybridized carbons (Fsp3) is 0.294. The van der Waals surface area contributed by atoms with E-state index in [-0.39, 0.29) is 23.9 Å². The molecule has 0 aliphatic rings. The Morgan fingerprint density at radius 1 is 1.26 bits per heavy atom. The zero-order valence-electron chi connectivity index (χ0n) is 15.0. The number of hydrogen-bond donors (Lipinski definition) is 1. The average molecular weight is 391 g/mol. The number of halogens is 1. The van der Waals surface area contributed by atoms with Gasteiger partial charge in [0.05, 0.1) is 5.75 Å². The highest BCUT2D eigenvalue weighted by atomic mass is 32.2. The van der Waals surface area contributed by atoms with Crippen LogP contribution in [0.15, 0.2) is 39.0 Å². The van der Waals surface area contributed by atoms with Crippen molar-refractivity contribution in [2.45, 2.75) is 18.6 Å². The zero-order valence-corrected chi connectivity index (χ0v) is 15.8. The first-order valence-corrected chi connectivity index (χ1v) is 9.16. The Balaban J connectivity index is 1.86. The van der Waals surface area contributed by atoms with Crippen molar-refractivity contribution >= 4 is 34.5 Å². The van der Waals surface area contributed by atoms with Crippen LogP contribution in [0.5, 0.6) is 0 Å². The lowest BCUT2D eigenvalue weighted by Gasteiger charge is -2.06. The number of thioether (sulfide) groups is 1. The SMILES string of the molecule is CCn1c(=O)c2c(nc(SCC(=O)Nc3cccc(F)c3)n2C)n(C)c1=O. The number of imidazole rings is 1. The summed E-state index contributed by atoms with van der Waals surface area (Å²) in [5, 5.41) is 3.03. The van der Waals surface area contributed by atoms with Crippen LogP contribution in [0.1, 0.15) is 6.92 Å². The molecule has 0 spiro atoms. The topological polar surface area (TPSA) is 90.9 Å². The van der Waals surface area contributed by atoms with Crippen molar-refractivity contribution in [3.63, 3.8) is 0 Å². The number of hydrogen-bond acceptors (Lipinski definition) is 5. The number of nitrogens with one attached hydrogen (secondary N) is 1. The maximum Gasteiger partial charge on any atom is 0.332 e. The Kier molecular flexibility index (Phi) is 5.17. The molecule has 2 heterocycles. The number of rotatable bonds is 5. The van der Waals surface area contributed by atoms with E-state index in [0.717, 1.165) is 16.3 Å². The van der Waals surface area contributed by atoms with Crippen molar-refractivity contribution in [1.29, 1.82) is 0 Å². The maximum atomic E-state index is 13.2. The molecule has 1 N–H and O–H groups in total. The number of carbonyl (C=O) groups is 1. The predicted molar refractivity (Wildman–Crippen MR) is 102 cm³/mol. The molecular formula is C17H18FN5O3S. The van der Waals surface area contributed by atoms with E-state index in [1.165, 1.54) is 22.8 Å². The molecule has 1 amide bonds. The van der Waals surface area contributed by atoms with E-state index in [4.69, 9.17) is 0 Å². The molecule has 0 atom stereocenters. The fourth-order valence-electron chi connectivity index (χ4n) is 2.72. The molecule has 0 aliphatic heterocycles. The summed E-state index contributed by atoms with van der Waals surface area (Å²) in [5.74, 6) is -0.759. The Bertz CT molecular complexity index is 1150. The number of aromatic nitrogens is 4. The van der Waals surface area contributed by atoms with Gasteiger partial charge < -0.3 is 9.88 Å². The van der Waals surface area contributed by atoms with Crippen LogP contribution in [0.25, 0.3) is 11.2 Å². The highest BCUT2D eigenvalue weighted by molar-refractivity contribution is 7.99. The summed E-state index contributed by atoms with van der Waals surface area (Å²) in [7, 11) is 3.21. The number of aryl methyl sites for hydroxylation is 2. The monoisotopic (exact) mass is 391 g/mol. The van der Waals surface area contributed by atoms with E-state index in [9.17, 15) is 18.8 Å². The quantitative estimate of drug-likeness (QED) is 0.663. The molecule has 0 aliphatic carbocycles. The van der Waals surface area contributed by atoms with Crippen molar-refractivity contribution in [3.8, 4) is 0 Å². The van der Waals surface area contributed by atoms with Gasteiger partial charge in [0.15, 0.2) is 16.3 Å². The van der Waals surface area contributed by atoms with Crippen molar-refractivity contribution in [1.82, 2.24) is 18.7 Å². The molecule has 0 saturated heterocycles. The highest BCUT2D eigenvalue weighted by Gasteiger charge is 2.18. The van der Waals surface area contributed by atoms with Gasteiger partial charge in [-0.2, -0.15) is 0 Å². The van der Waals surface area contributed by atoms with Gasteiger partial charge >= 0.3 is 5.69 Å². The minimum atomic E-state index is -0.441. The molecule has 0 bridgehead atoms. The summed E-state index contributed by atoms with van der Waals surface area (Å²) in [6.45, 7) is 1.97. The van der Waals surface area contributed by atoms with Crippen LogP contribution >= 0.6 is 11.8 Å². The molecule has 142 valence electrons. The Labute approximate surface area is 157 Å². The Hall–Kier alpha value is -2.88. The lowest BCUT2D eigenvalue weighted by Crippen LogP contribution is -2.39. The molecule has 27 heavy (non-hydrogen) atoms. The maximum absolute atomic E-state index is 13.2. The first-order valence-electron chi connectivity index (χ1n) is 8.18. The smallest absolute Gasteiger partial charge is 0.325 e. The summed E-state index contributed by atoms with van der Waals surface area (Å²) >= 11 is 1.12. The van der Waals surface area contributed by atoms with E-state index >= 15 is 0 Å². The van der Waals surface area contributed by atoms with E-state index in [1.807, 2.05) is 0 Å². The number of carbonyl (C=O) groups excluding carboxylic acids is 1. The molecule has 0 fully saturated rings. The second-order valence-electron chi connectivity index (χ2n) is 5.86. The van der Waals surface area contributed by atoms with Gasteiger partial charge in [-0.3, -0.25) is 18.7 Å². The third-order valence-corrected chi connectivity index (χ3v) is 5.11. The van der Waals surface area contributed by atoms with Crippen LogP contribution in [0.4, 0.5) is 10.1 Å². The molecule has 8 nitrogen and oxygen atoms in total. The lowest BCUT2D eigenvalue weighted by molar-refractivity contribution is -0.113. The molecule has 2 aromatic heterocycles. The van der Waals surface area contributed by atoms with Crippen molar-refractivity contribution in [2.24, 2.45) is 14.1 Å². The molecule has 10 heteroatoms. The second-order valence-corrected chi connectivity index (χ2v) is 6.81. The molecule has 1 aromatic carbocycles. The van der Waals surface area contributed by atoms with Gasteiger partial charge in [-0.05, 0) is 25.1 Å². The normalized spacial score (nSPS) is 11.1. The average Bonchev–Trinajstić information content (AvgIpc) is 2.95. The fourth-order valence-corrected chi connectivity index (χ4v) is 3.49. The predicted octanol–water partition coefficient (Wildman–Crippen LogP) is 1.32. The number of nitrogens with zero attached hydrogens (tertiary/aromatic N) is 4. The largest absolute Gasteiger partial charge is 0.332 e. The first-order chi connectivity index (χ1) is 12.8. The summed E-state index contributed by atoms with van der Waals surface area (Å²) < 4.78 is 17.2. The Morgan fingerprint density at radius 2 is 2.00 bits per heavy atom. The molecule has 0 unspecified atom stereocenters. The van der Waals surface area contributed by atoms with Gasteiger partial charge in [0, 0.05) is 26.3 Å². The van der Waals surface area contributed by atoms with Crippen LogP contribution in [-0.4, -0.2) is 30.3 Å². The van der Waals surface area contributed by atoms with Crippen molar-refractivity contribution in [3.05, 3.63) is 50.9 Å². The molecular weight excluding hydrogens is 373 g/mol. The van der Waals surface area contributed by atoms with Crippen LogP contribution in [-0.2, 0) is 25.4 Å². The van der Waals surface area contributed by atoms with E-state index in [1.54, 1.807) is 31.7 Å². The van der Waals surface area contributed by atoms with Gasteiger partial charge in [-0.15, -0.1) is 0 Å². The minimum absolute atomic E-state index is 0.0175. The molecule has 0 radical (unpaired) electrons. The minimum Gasteiger partial charge on any atom is -0.325 e. The van der Waals surface area contributed by atoms with Crippen LogP contribution < -0.4 is 16.6 Å². The number of anilines is 1. The zero-order chi connectivity index (χ0) is 19.7. The van der Waals surface area contributed by atoms with E-state index in [2.05, 4.69) is 10.3 Å². The summed E-state index contributed by atoms with van der Waals surface area (Å²) in [6.07, 6.45) is 0. The first kappa shape index (κ1) is 18.9. The number of benzene rings is 1. The highest BCUT2D eigenvalue weighted by Crippen LogP contribution is 2.20. The van der Waals surface area contributed by atoms with Crippen LogP contribution in [0, 0.1) is 5.82 Å². The van der Waals surface area contributed by atoms with E-state index in [0.29, 0.717) is 16.4 Å². The molecule has 0 saturated carbocycles. The number of amides is 1. The molecule has 3 rings (SSSR count). The van der Waals surface area contributed by atoms with Gasteiger partial charge in [0.2, 0.25) is 5.91 Å². The van der Waals surface area contributed by atoms with E-state index < -0.39 is 17.1 Å². The second kappa shape index (κ2) is 7.39. The lowest BCUT2D eigenvalue weighted by atomic mass is 10.3. The third kappa shape index (κ3) is 3.52. The summed E-state index contributed by atoms with van der Waals surface area (Å²) in [4.78, 5) is 41.2. The Morgan fingerprint density at radius 3 is 2.67 bits per heavy atom. The standard InChI is InChI=1S/C17H18FN5O3S/c1-4-23-15(25)13-14(22(3)17(23)26)20-16(21(13)2)27-9-12(24)19-11-7-5-6-10(18)8-11/h5-8H,4,9H2,1-3H3,(H,19,24). The van der Waals surface area contributed by atoms with Crippen LogP contribution in [0.3, 0.4) is 0 Å². The summed E-state index contributed by atoms with van der Waals surface area (Å²) in [5.41, 5.74) is 0.0752. The van der Waals surface area contributed by atoms with Crippen molar-refractivity contribution in [2.75, 3.05) is 11.1 Å². The van der Waals surface area contributed by atoms with Crippen molar-refractivity contribution < 1.29 is 9.18 Å². The van der Waals surface area contributed by atoms with Gasteiger partial charge in [-0.25, -0.2) is 14.2 Å². The van der Waals surface area contributed by atoms with Crippen LogP contribution in [0.2, 0.25) is 0 Å². The van der Waals surface area contributed by atoms with Gasteiger partial charge in [0.25, 0.3) is 5.56 Å². The number of fused-ring (bicyclic) bond motifs is 1. The molecule has 3 aromatic rings. The summed E-state index contributed by atoms with van der Waals surface area (Å²) in [6, 6.07) is 5.60. The third-order valence-electron chi connectivity index (χ3n) is 4.08.